The van der Waals surface area contributed by atoms with Crippen molar-refractivity contribution in [3.05, 3.63) is 0 Å². The largest absolute Gasteiger partial charge is 0.378 e. The third kappa shape index (κ3) is 3.03. The molecule has 0 aliphatic carbocycles. The maximum absolute atomic E-state index is 6.01. The van der Waals surface area contributed by atoms with E-state index in [9.17, 15) is 0 Å². The van der Waals surface area contributed by atoms with Crippen molar-refractivity contribution in [2.24, 2.45) is 0 Å². The third-order valence-electron chi connectivity index (χ3n) is 4.04. The summed E-state index contributed by atoms with van der Waals surface area (Å²) < 4.78 is 23.0. The van der Waals surface area contributed by atoms with Crippen LogP contribution >= 0.6 is 0 Å². The van der Waals surface area contributed by atoms with Gasteiger partial charge in [-0.05, 0) is 6.42 Å². The van der Waals surface area contributed by atoms with Gasteiger partial charge in [0.2, 0.25) is 0 Å². The first-order valence-corrected chi connectivity index (χ1v) is 7.02. The lowest BCUT2D eigenvalue weighted by Gasteiger charge is -2.37. The van der Waals surface area contributed by atoms with Gasteiger partial charge in [0.25, 0.3) is 0 Å². The summed E-state index contributed by atoms with van der Waals surface area (Å²) in [6, 6.07) is 0. The molecule has 3 unspecified atom stereocenters. The first kappa shape index (κ1) is 12.8. The Labute approximate surface area is 108 Å². The summed E-state index contributed by atoms with van der Waals surface area (Å²) in [7, 11) is 0. The molecule has 0 radical (unpaired) electrons. The van der Waals surface area contributed by atoms with E-state index in [0.29, 0.717) is 12.7 Å². The van der Waals surface area contributed by atoms with E-state index < -0.39 is 0 Å². The first-order chi connectivity index (χ1) is 8.86. The zero-order chi connectivity index (χ0) is 12.3. The maximum atomic E-state index is 6.01. The minimum absolute atomic E-state index is 0.0609. The van der Waals surface area contributed by atoms with E-state index in [1.807, 2.05) is 0 Å². The van der Waals surface area contributed by atoms with Crippen LogP contribution in [0.5, 0.6) is 0 Å². The van der Waals surface area contributed by atoms with Gasteiger partial charge in [0, 0.05) is 39.1 Å². The van der Waals surface area contributed by atoms with E-state index in [0.717, 1.165) is 58.8 Å². The van der Waals surface area contributed by atoms with Gasteiger partial charge in [-0.3, -0.25) is 0 Å². The van der Waals surface area contributed by atoms with E-state index in [4.69, 9.17) is 18.9 Å². The Morgan fingerprint density at radius 2 is 2.28 bits per heavy atom. The molecule has 3 rings (SSSR count). The Morgan fingerprint density at radius 3 is 3.06 bits per heavy atom. The number of hydrogen-bond acceptors (Lipinski definition) is 5. The number of ether oxygens (including phenoxy) is 4. The van der Waals surface area contributed by atoms with Crippen LogP contribution in [0.3, 0.4) is 0 Å². The summed E-state index contributed by atoms with van der Waals surface area (Å²) in [4.78, 5) is 0. The highest BCUT2D eigenvalue weighted by Crippen LogP contribution is 2.34. The van der Waals surface area contributed by atoms with Crippen molar-refractivity contribution in [3.63, 3.8) is 0 Å². The molecule has 18 heavy (non-hydrogen) atoms. The molecule has 1 N–H and O–H groups in total. The van der Waals surface area contributed by atoms with Crippen molar-refractivity contribution >= 4 is 0 Å². The number of hydrogen-bond donors (Lipinski definition) is 1. The summed E-state index contributed by atoms with van der Waals surface area (Å²) in [5.74, 6) is 0. The van der Waals surface area contributed by atoms with E-state index in [1.54, 1.807) is 0 Å². The van der Waals surface area contributed by atoms with Gasteiger partial charge in [-0.15, -0.1) is 0 Å². The molecule has 0 saturated carbocycles. The monoisotopic (exact) mass is 257 g/mol. The molecule has 0 aromatic heterocycles. The Morgan fingerprint density at radius 1 is 1.28 bits per heavy atom. The second-order valence-corrected chi connectivity index (χ2v) is 5.48. The predicted molar refractivity (Wildman–Crippen MR) is 65.7 cm³/mol. The van der Waals surface area contributed by atoms with E-state index in [1.165, 1.54) is 0 Å². The number of morpholine rings is 1. The van der Waals surface area contributed by atoms with Crippen molar-refractivity contribution in [3.8, 4) is 0 Å². The highest BCUT2D eigenvalue weighted by atomic mass is 16.6. The molecule has 1 spiro atoms. The molecule has 3 heterocycles. The van der Waals surface area contributed by atoms with Gasteiger partial charge in [-0.2, -0.15) is 0 Å². The van der Waals surface area contributed by atoms with Crippen molar-refractivity contribution in [2.45, 2.75) is 37.1 Å². The van der Waals surface area contributed by atoms with Gasteiger partial charge < -0.3 is 24.3 Å². The molecule has 3 aliphatic heterocycles. The predicted octanol–water partition coefficient (Wildman–Crippen LogP) is 0.330. The van der Waals surface area contributed by atoms with Crippen LogP contribution in [0.4, 0.5) is 0 Å². The Balaban J connectivity index is 1.44. The Bertz CT molecular complexity index is 262. The lowest BCUT2D eigenvalue weighted by molar-refractivity contribution is -0.145. The second-order valence-electron chi connectivity index (χ2n) is 5.48. The molecule has 3 aliphatic rings. The average molecular weight is 257 g/mol. The minimum Gasteiger partial charge on any atom is -0.378 e. The van der Waals surface area contributed by atoms with Crippen LogP contribution in [0, 0.1) is 0 Å². The molecule has 3 fully saturated rings. The molecule has 0 aromatic carbocycles. The fraction of sp³-hybridized carbons (Fsp3) is 1.00. The minimum atomic E-state index is -0.0609. The Hall–Kier alpha value is -0.200. The molecule has 0 bridgehead atoms. The third-order valence-corrected chi connectivity index (χ3v) is 4.04. The fourth-order valence-electron chi connectivity index (χ4n) is 2.96. The van der Waals surface area contributed by atoms with E-state index >= 15 is 0 Å². The van der Waals surface area contributed by atoms with Crippen molar-refractivity contribution in [2.75, 3.05) is 46.1 Å². The normalized spacial score (nSPS) is 41.3. The molecule has 104 valence electrons. The number of rotatable bonds is 3. The van der Waals surface area contributed by atoms with Crippen LogP contribution in [-0.2, 0) is 18.9 Å². The molecule has 0 aromatic rings. The molecular weight excluding hydrogens is 234 g/mol. The summed E-state index contributed by atoms with van der Waals surface area (Å²) in [6.07, 6.45) is 3.46. The Kier molecular flexibility index (Phi) is 4.16. The average Bonchev–Trinajstić information content (AvgIpc) is 2.86. The van der Waals surface area contributed by atoms with Crippen LogP contribution in [0.15, 0.2) is 0 Å². The number of nitrogens with one attached hydrogen (secondary N) is 1. The maximum Gasteiger partial charge on any atom is 0.0961 e. The molecule has 3 atom stereocenters. The molecule has 5 heteroatoms. The van der Waals surface area contributed by atoms with E-state index in [2.05, 4.69) is 5.32 Å². The van der Waals surface area contributed by atoms with Crippen LogP contribution < -0.4 is 5.32 Å². The zero-order valence-electron chi connectivity index (χ0n) is 10.9. The van der Waals surface area contributed by atoms with Crippen molar-refractivity contribution in [1.82, 2.24) is 5.32 Å². The zero-order valence-corrected chi connectivity index (χ0v) is 10.9. The van der Waals surface area contributed by atoms with Gasteiger partial charge in [-0.1, -0.05) is 0 Å². The van der Waals surface area contributed by atoms with E-state index in [-0.39, 0.29) is 11.7 Å². The topological polar surface area (TPSA) is 49.0 Å². The van der Waals surface area contributed by atoms with Crippen LogP contribution in [0.25, 0.3) is 0 Å². The SMILES string of the molecule is C1COC(COC2CCOC3(CCOC3)C2)CN1. The summed E-state index contributed by atoms with van der Waals surface area (Å²) in [5.41, 5.74) is -0.0609. The smallest absolute Gasteiger partial charge is 0.0961 e. The van der Waals surface area contributed by atoms with Gasteiger partial charge in [0.15, 0.2) is 0 Å². The summed E-state index contributed by atoms with van der Waals surface area (Å²) in [5, 5.41) is 3.32. The van der Waals surface area contributed by atoms with Crippen LogP contribution in [0.1, 0.15) is 19.3 Å². The van der Waals surface area contributed by atoms with Crippen molar-refractivity contribution in [1.29, 1.82) is 0 Å². The quantitative estimate of drug-likeness (QED) is 0.789. The fourth-order valence-corrected chi connectivity index (χ4v) is 2.96. The highest BCUT2D eigenvalue weighted by Gasteiger charge is 2.41. The molecule has 3 saturated heterocycles. The molecule has 5 nitrogen and oxygen atoms in total. The lowest BCUT2D eigenvalue weighted by atomic mass is 9.91. The second kappa shape index (κ2) is 5.84. The van der Waals surface area contributed by atoms with Crippen molar-refractivity contribution < 1.29 is 18.9 Å². The standard InChI is InChI=1S/C13H23NO4/c1-4-18-13(2-5-15-10-13)7-11(1)17-9-12-8-14-3-6-16-12/h11-12,14H,1-10H2. The van der Waals surface area contributed by atoms with Gasteiger partial charge >= 0.3 is 0 Å². The highest BCUT2D eigenvalue weighted by molar-refractivity contribution is 4.91. The van der Waals surface area contributed by atoms with Crippen LogP contribution in [0.2, 0.25) is 0 Å². The van der Waals surface area contributed by atoms with Gasteiger partial charge in [0.05, 0.1) is 37.6 Å². The molecular formula is C13H23NO4. The van der Waals surface area contributed by atoms with Gasteiger partial charge in [-0.25, -0.2) is 0 Å². The van der Waals surface area contributed by atoms with Gasteiger partial charge in [0.1, 0.15) is 0 Å². The summed E-state index contributed by atoms with van der Waals surface area (Å²) in [6.45, 7) is 5.67. The van der Waals surface area contributed by atoms with Crippen LogP contribution in [-0.4, -0.2) is 63.9 Å². The lowest BCUT2D eigenvalue weighted by Crippen LogP contribution is -2.45. The molecule has 0 amide bonds. The first-order valence-electron chi connectivity index (χ1n) is 7.02. The summed E-state index contributed by atoms with van der Waals surface area (Å²) >= 11 is 0.